The minimum atomic E-state index is -0.117. The maximum Gasteiger partial charge on any atom is 0.132 e. The van der Waals surface area contributed by atoms with Gasteiger partial charge in [0, 0.05) is 59.4 Å². The standard InChI is InChI=1S/C30H37ClN4O/c1-5-21(4)34-27(18-33-13-14-35-19-22-15-30(35,6-2)16-22)26-12-8-11-25(29(26)36)24-10-7-9-23(28(24)31)20(3)17-32/h7-12,17-18,20,22,32,36H,4-6,13-16,19H2,1-3H3. The molecule has 6 heteroatoms. The topological polar surface area (TPSA) is 72.0 Å². The monoisotopic (exact) mass is 504 g/mol. The highest BCUT2D eigenvalue weighted by Gasteiger charge is 2.53. The van der Waals surface area contributed by atoms with Gasteiger partial charge >= 0.3 is 0 Å². The van der Waals surface area contributed by atoms with Crippen molar-refractivity contribution in [3.05, 3.63) is 64.8 Å². The summed E-state index contributed by atoms with van der Waals surface area (Å²) in [4.78, 5) is 12.0. The Bertz CT molecular complexity index is 1200. The molecule has 0 aromatic heterocycles. The van der Waals surface area contributed by atoms with Crippen LogP contribution in [0.2, 0.25) is 5.02 Å². The third-order valence-corrected chi connectivity index (χ3v) is 8.34. The van der Waals surface area contributed by atoms with Gasteiger partial charge < -0.3 is 10.5 Å². The summed E-state index contributed by atoms with van der Waals surface area (Å²) in [5.41, 5.74) is 4.54. The van der Waals surface area contributed by atoms with Crippen LogP contribution < -0.4 is 0 Å². The first-order valence-electron chi connectivity index (χ1n) is 13.0. The third kappa shape index (κ3) is 5.05. The number of phenols is 1. The van der Waals surface area contributed by atoms with Gasteiger partial charge in [-0.1, -0.05) is 69.3 Å². The maximum atomic E-state index is 11.4. The molecule has 36 heavy (non-hydrogen) atoms. The zero-order chi connectivity index (χ0) is 25.9. The van der Waals surface area contributed by atoms with Gasteiger partial charge in [-0.05, 0) is 43.2 Å². The van der Waals surface area contributed by atoms with Crippen molar-refractivity contribution in [2.45, 2.75) is 57.9 Å². The molecule has 2 aliphatic heterocycles. The summed E-state index contributed by atoms with van der Waals surface area (Å²) in [6.45, 7) is 13.1. The Morgan fingerprint density at radius 3 is 2.67 bits per heavy atom. The van der Waals surface area contributed by atoms with E-state index in [0.29, 0.717) is 40.4 Å². The number of nitrogens with zero attached hydrogens (tertiary/aromatic N) is 3. The number of allylic oxidation sites excluding steroid dienone is 1. The maximum absolute atomic E-state index is 11.4. The van der Waals surface area contributed by atoms with Gasteiger partial charge in [0.15, 0.2) is 0 Å². The predicted octanol–water partition coefficient (Wildman–Crippen LogP) is 7.12. The first kappa shape index (κ1) is 26.3. The second-order valence-electron chi connectivity index (χ2n) is 10.1. The molecule has 0 amide bonds. The molecule has 2 bridgehead atoms. The van der Waals surface area contributed by atoms with Gasteiger partial charge in [0.25, 0.3) is 0 Å². The average molecular weight is 505 g/mol. The van der Waals surface area contributed by atoms with E-state index in [9.17, 15) is 5.11 Å². The molecule has 1 atom stereocenters. The van der Waals surface area contributed by atoms with Crippen LogP contribution in [0, 0.1) is 11.3 Å². The molecule has 1 saturated carbocycles. The molecular formula is C30H37ClN4O. The Morgan fingerprint density at radius 1 is 1.25 bits per heavy atom. The Kier molecular flexibility index (Phi) is 8.11. The van der Waals surface area contributed by atoms with Crippen molar-refractivity contribution >= 4 is 29.7 Å². The fourth-order valence-electron chi connectivity index (χ4n) is 5.65. The Morgan fingerprint density at radius 2 is 1.97 bits per heavy atom. The van der Waals surface area contributed by atoms with Crippen LogP contribution in [0.4, 0.5) is 0 Å². The van der Waals surface area contributed by atoms with Crippen LogP contribution in [-0.4, -0.2) is 53.3 Å². The van der Waals surface area contributed by atoms with Gasteiger partial charge in [-0.25, -0.2) is 0 Å². The quantitative estimate of drug-likeness (QED) is 0.319. The second kappa shape index (κ2) is 11.1. The summed E-state index contributed by atoms with van der Waals surface area (Å²) < 4.78 is 0. The molecule has 2 saturated heterocycles. The number of hydrogen-bond donors (Lipinski definition) is 2. The fourth-order valence-corrected chi connectivity index (χ4v) is 6.05. The van der Waals surface area contributed by atoms with Gasteiger partial charge in [-0.3, -0.25) is 14.9 Å². The van der Waals surface area contributed by atoms with E-state index in [1.165, 1.54) is 32.0 Å². The molecule has 2 aromatic carbocycles. The summed E-state index contributed by atoms with van der Waals surface area (Å²) in [7, 11) is 0. The zero-order valence-electron chi connectivity index (χ0n) is 21.6. The number of aromatic hydroxyl groups is 1. The molecule has 1 unspecified atom stereocenters. The summed E-state index contributed by atoms with van der Waals surface area (Å²) in [5, 5.41) is 19.5. The summed E-state index contributed by atoms with van der Waals surface area (Å²) in [6, 6.07) is 11.3. The number of rotatable bonds is 11. The van der Waals surface area contributed by atoms with Crippen molar-refractivity contribution in [2.24, 2.45) is 15.9 Å². The molecule has 190 valence electrons. The van der Waals surface area contributed by atoms with Gasteiger partial charge in [0.2, 0.25) is 0 Å². The van der Waals surface area contributed by atoms with Crippen LogP contribution in [0.5, 0.6) is 5.75 Å². The van der Waals surface area contributed by atoms with Gasteiger partial charge in [0.05, 0.1) is 17.3 Å². The van der Waals surface area contributed by atoms with Gasteiger partial charge in [-0.2, -0.15) is 0 Å². The molecule has 2 aromatic rings. The smallest absolute Gasteiger partial charge is 0.132 e. The van der Waals surface area contributed by atoms with E-state index in [2.05, 4.69) is 18.4 Å². The molecule has 1 aliphatic carbocycles. The number of phenolic OH excluding ortho intramolecular Hbond substituents is 1. The van der Waals surface area contributed by atoms with Crippen LogP contribution in [0.3, 0.4) is 0 Å². The lowest BCUT2D eigenvalue weighted by Crippen LogP contribution is -2.45. The molecule has 0 spiro atoms. The molecule has 3 aliphatic rings. The van der Waals surface area contributed by atoms with E-state index in [-0.39, 0.29) is 11.7 Å². The number of halogens is 1. The first-order chi connectivity index (χ1) is 17.3. The highest BCUT2D eigenvalue weighted by atomic mass is 35.5. The van der Waals surface area contributed by atoms with Crippen molar-refractivity contribution in [3.63, 3.8) is 0 Å². The summed E-state index contributed by atoms with van der Waals surface area (Å²) >= 11 is 6.74. The number of aliphatic imine (C=N–C) groups is 2. The van der Waals surface area contributed by atoms with Crippen LogP contribution >= 0.6 is 11.6 Å². The highest BCUT2D eigenvalue weighted by Crippen LogP contribution is 2.52. The molecule has 3 fully saturated rings. The van der Waals surface area contributed by atoms with E-state index >= 15 is 0 Å². The van der Waals surface area contributed by atoms with E-state index in [0.717, 1.165) is 29.3 Å². The first-order valence-corrected chi connectivity index (χ1v) is 13.3. The number of benzene rings is 2. The zero-order valence-corrected chi connectivity index (χ0v) is 22.4. The minimum Gasteiger partial charge on any atom is -0.507 e. The van der Waals surface area contributed by atoms with E-state index in [1.807, 2.05) is 50.2 Å². The lowest BCUT2D eigenvalue weighted by molar-refractivity contribution is 0.105. The summed E-state index contributed by atoms with van der Waals surface area (Å²) in [6.07, 6.45) is 7.72. The fraction of sp³-hybridized carbons (Fsp3) is 0.433. The predicted molar refractivity (Wildman–Crippen MR) is 152 cm³/mol. The van der Waals surface area contributed by atoms with E-state index in [1.54, 1.807) is 6.21 Å². The highest BCUT2D eigenvalue weighted by molar-refractivity contribution is 6.39. The van der Waals surface area contributed by atoms with Crippen molar-refractivity contribution in [2.75, 3.05) is 19.6 Å². The van der Waals surface area contributed by atoms with E-state index in [4.69, 9.17) is 27.0 Å². The van der Waals surface area contributed by atoms with Crippen LogP contribution in [-0.2, 0) is 0 Å². The van der Waals surface area contributed by atoms with Crippen LogP contribution in [0.1, 0.15) is 63.5 Å². The van der Waals surface area contributed by atoms with E-state index < -0.39 is 0 Å². The number of para-hydroxylation sites is 1. The number of hydrogen-bond acceptors (Lipinski definition) is 5. The Hall–Kier alpha value is -2.76. The largest absolute Gasteiger partial charge is 0.507 e. The van der Waals surface area contributed by atoms with Crippen LogP contribution in [0.15, 0.2) is 58.7 Å². The molecular weight excluding hydrogens is 468 g/mol. The average Bonchev–Trinajstić information content (AvgIpc) is 3.40. The Balaban J connectivity index is 1.61. The SMILES string of the molecule is C=C(CC)N=C(C=NCCN1CC2CC1(CC)C2)c1cccc(-c2cccc(C(C)C=N)c2Cl)c1O. The van der Waals surface area contributed by atoms with Crippen molar-refractivity contribution < 1.29 is 5.11 Å². The number of nitrogens with one attached hydrogen (secondary N) is 1. The molecule has 5 rings (SSSR count). The van der Waals surface area contributed by atoms with Crippen molar-refractivity contribution in [1.82, 2.24) is 4.90 Å². The van der Waals surface area contributed by atoms with Crippen LogP contribution in [0.25, 0.3) is 11.1 Å². The third-order valence-electron chi connectivity index (χ3n) is 7.92. The lowest BCUT2D eigenvalue weighted by atomic mass is 9.72. The molecule has 2 heterocycles. The van der Waals surface area contributed by atoms with Gasteiger partial charge in [0.1, 0.15) is 5.75 Å². The summed E-state index contributed by atoms with van der Waals surface area (Å²) in [5.74, 6) is 0.859. The normalized spacial score (nSPS) is 22.6. The van der Waals surface area contributed by atoms with Gasteiger partial charge in [-0.15, -0.1) is 0 Å². The van der Waals surface area contributed by atoms with Crippen molar-refractivity contribution in [3.8, 4) is 16.9 Å². The molecule has 2 N–H and O–H groups in total. The molecule has 0 radical (unpaired) electrons. The lowest BCUT2D eigenvalue weighted by Gasteiger charge is -2.41. The molecule has 5 nitrogen and oxygen atoms in total. The minimum absolute atomic E-state index is 0.110. The number of fused-ring (bicyclic) bond motifs is 1. The Labute approximate surface area is 220 Å². The van der Waals surface area contributed by atoms with Crippen molar-refractivity contribution in [1.29, 1.82) is 5.41 Å². The second-order valence-corrected chi connectivity index (χ2v) is 10.5.